The molecule has 0 saturated carbocycles. The molecule has 0 spiro atoms. The van der Waals surface area contributed by atoms with Crippen LogP contribution in [0.3, 0.4) is 0 Å². The molecule has 0 aromatic heterocycles. The Labute approximate surface area is 149 Å². The van der Waals surface area contributed by atoms with Crippen LogP contribution in [0, 0.1) is 0 Å². The maximum atomic E-state index is 11.9. The van der Waals surface area contributed by atoms with Crippen LogP contribution in [0.1, 0.15) is 29.5 Å². The molecule has 1 fully saturated rings. The van der Waals surface area contributed by atoms with E-state index in [2.05, 4.69) is 53.8 Å². The highest BCUT2D eigenvalue weighted by Crippen LogP contribution is 2.11. The minimum Gasteiger partial charge on any atom is -0.381 e. The Hall–Kier alpha value is -2.17. The predicted molar refractivity (Wildman–Crippen MR) is 97.3 cm³/mol. The molecule has 1 aliphatic heterocycles. The molecule has 1 N–H and O–H groups in total. The smallest absolute Gasteiger partial charge is 0.246 e. The average Bonchev–Trinajstić information content (AvgIpc) is 2.67. The van der Waals surface area contributed by atoms with Gasteiger partial charge in [0.1, 0.15) is 6.61 Å². The molecule has 0 unspecified atom stereocenters. The summed E-state index contributed by atoms with van der Waals surface area (Å²) in [5.74, 6) is -0.0696. The van der Waals surface area contributed by atoms with E-state index in [1.165, 1.54) is 11.1 Å². The molecule has 2 aromatic rings. The second-order valence-corrected chi connectivity index (χ2v) is 6.38. The lowest BCUT2D eigenvalue weighted by Gasteiger charge is -2.22. The summed E-state index contributed by atoms with van der Waals surface area (Å²) >= 11 is 0. The van der Waals surface area contributed by atoms with Crippen molar-refractivity contribution in [3.05, 3.63) is 71.3 Å². The van der Waals surface area contributed by atoms with Gasteiger partial charge in [-0.05, 0) is 36.0 Å². The third-order valence-corrected chi connectivity index (χ3v) is 4.38. The highest BCUT2D eigenvalue weighted by atomic mass is 16.5. The number of ether oxygens (including phenoxy) is 2. The average molecular weight is 339 g/mol. The first-order chi connectivity index (χ1) is 12.3. The standard InChI is InChI=1S/C21H25NO3/c23-21(16-25-20-10-12-24-13-11-20)22-15-19-8-6-18(7-9-19)14-17-4-2-1-3-5-17/h1-9,20H,10-16H2,(H,22,23). The third-order valence-electron chi connectivity index (χ3n) is 4.38. The van der Waals surface area contributed by atoms with Crippen LogP contribution in [0.5, 0.6) is 0 Å². The summed E-state index contributed by atoms with van der Waals surface area (Å²) in [6, 6.07) is 18.8. The molecule has 1 heterocycles. The number of hydrogen-bond donors (Lipinski definition) is 1. The van der Waals surface area contributed by atoms with E-state index in [1.807, 2.05) is 6.07 Å². The number of nitrogens with one attached hydrogen (secondary N) is 1. The van der Waals surface area contributed by atoms with E-state index >= 15 is 0 Å². The first-order valence-electron chi connectivity index (χ1n) is 8.87. The minimum absolute atomic E-state index is 0.0696. The van der Waals surface area contributed by atoms with Gasteiger partial charge in [-0.25, -0.2) is 0 Å². The topological polar surface area (TPSA) is 47.6 Å². The van der Waals surface area contributed by atoms with Gasteiger partial charge in [-0.2, -0.15) is 0 Å². The van der Waals surface area contributed by atoms with E-state index in [0.717, 1.165) is 38.0 Å². The number of carbonyl (C=O) groups is 1. The van der Waals surface area contributed by atoms with Gasteiger partial charge in [-0.15, -0.1) is 0 Å². The summed E-state index contributed by atoms with van der Waals surface area (Å²) in [6.07, 6.45) is 2.82. The largest absolute Gasteiger partial charge is 0.381 e. The van der Waals surface area contributed by atoms with Crippen LogP contribution >= 0.6 is 0 Å². The lowest BCUT2D eigenvalue weighted by atomic mass is 10.0. The van der Waals surface area contributed by atoms with Gasteiger partial charge in [0.25, 0.3) is 0 Å². The van der Waals surface area contributed by atoms with Crippen molar-refractivity contribution in [3.63, 3.8) is 0 Å². The molecule has 132 valence electrons. The summed E-state index contributed by atoms with van der Waals surface area (Å²) in [4.78, 5) is 11.9. The van der Waals surface area contributed by atoms with E-state index in [-0.39, 0.29) is 18.6 Å². The van der Waals surface area contributed by atoms with Crippen molar-refractivity contribution < 1.29 is 14.3 Å². The van der Waals surface area contributed by atoms with Crippen LogP contribution in [-0.4, -0.2) is 31.8 Å². The Morgan fingerprint density at radius 2 is 1.60 bits per heavy atom. The highest BCUT2D eigenvalue weighted by molar-refractivity contribution is 5.77. The lowest BCUT2D eigenvalue weighted by molar-refractivity contribution is -0.130. The molecule has 25 heavy (non-hydrogen) atoms. The summed E-state index contributed by atoms with van der Waals surface area (Å²) in [5.41, 5.74) is 3.66. The molecular formula is C21H25NO3. The molecular weight excluding hydrogens is 314 g/mol. The molecule has 0 radical (unpaired) electrons. The van der Waals surface area contributed by atoms with Crippen molar-refractivity contribution >= 4 is 5.91 Å². The second kappa shape index (κ2) is 9.35. The van der Waals surface area contributed by atoms with Crippen LogP contribution in [0.15, 0.2) is 54.6 Å². The van der Waals surface area contributed by atoms with Crippen LogP contribution < -0.4 is 5.32 Å². The molecule has 1 saturated heterocycles. The van der Waals surface area contributed by atoms with E-state index in [4.69, 9.17) is 9.47 Å². The van der Waals surface area contributed by atoms with Gasteiger partial charge in [-0.3, -0.25) is 4.79 Å². The van der Waals surface area contributed by atoms with Gasteiger partial charge < -0.3 is 14.8 Å². The number of carbonyl (C=O) groups excluding carboxylic acids is 1. The number of hydrogen-bond acceptors (Lipinski definition) is 3. The van der Waals surface area contributed by atoms with Crippen LogP contribution in [-0.2, 0) is 27.2 Å². The van der Waals surface area contributed by atoms with Crippen molar-refractivity contribution in [2.75, 3.05) is 19.8 Å². The summed E-state index contributed by atoms with van der Waals surface area (Å²) < 4.78 is 10.9. The third kappa shape index (κ3) is 6.00. The fourth-order valence-electron chi connectivity index (χ4n) is 2.89. The van der Waals surface area contributed by atoms with Crippen LogP contribution in [0.2, 0.25) is 0 Å². The Morgan fingerprint density at radius 1 is 0.960 bits per heavy atom. The molecule has 4 heteroatoms. The fraction of sp³-hybridized carbons (Fsp3) is 0.381. The molecule has 2 aromatic carbocycles. The Balaban J connectivity index is 1.39. The van der Waals surface area contributed by atoms with Crippen LogP contribution in [0.4, 0.5) is 0 Å². The second-order valence-electron chi connectivity index (χ2n) is 6.38. The van der Waals surface area contributed by atoms with Crippen molar-refractivity contribution in [2.24, 2.45) is 0 Å². The number of rotatable bonds is 7. The Kier molecular flexibility index (Phi) is 6.60. The van der Waals surface area contributed by atoms with E-state index in [0.29, 0.717) is 6.54 Å². The molecule has 1 amide bonds. The first-order valence-corrected chi connectivity index (χ1v) is 8.87. The molecule has 4 nitrogen and oxygen atoms in total. The number of amides is 1. The van der Waals surface area contributed by atoms with Gasteiger partial charge in [0.05, 0.1) is 6.10 Å². The van der Waals surface area contributed by atoms with E-state index in [1.54, 1.807) is 0 Å². The van der Waals surface area contributed by atoms with Crippen molar-refractivity contribution in [1.82, 2.24) is 5.32 Å². The van der Waals surface area contributed by atoms with Crippen molar-refractivity contribution in [1.29, 1.82) is 0 Å². The normalized spacial score (nSPS) is 15.0. The summed E-state index contributed by atoms with van der Waals surface area (Å²) in [6.45, 7) is 2.10. The zero-order valence-electron chi connectivity index (χ0n) is 14.4. The Morgan fingerprint density at radius 3 is 2.32 bits per heavy atom. The maximum absolute atomic E-state index is 11.9. The molecule has 0 aliphatic carbocycles. The first kappa shape index (κ1) is 17.6. The quantitative estimate of drug-likeness (QED) is 0.843. The lowest BCUT2D eigenvalue weighted by Crippen LogP contribution is -2.31. The summed E-state index contributed by atoms with van der Waals surface area (Å²) in [7, 11) is 0. The maximum Gasteiger partial charge on any atom is 0.246 e. The van der Waals surface area contributed by atoms with E-state index < -0.39 is 0 Å². The zero-order valence-corrected chi connectivity index (χ0v) is 14.4. The molecule has 1 aliphatic rings. The number of benzene rings is 2. The van der Waals surface area contributed by atoms with Gasteiger partial charge in [0.15, 0.2) is 0 Å². The van der Waals surface area contributed by atoms with Crippen molar-refractivity contribution in [2.45, 2.75) is 31.9 Å². The monoisotopic (exact) mass is 339 g/mol. The highest BCUT2D eigenvalue weighted by Gasteiger charge is 2.15. The van der Waals surface area contributed by atoms with Gasteiger partial charge >= 0.3 is 0 Å². The van der Waals surface area contributed by atoms with Gasteiger partial charge in [0.2, 0.25) is 5.91 Å². The minimum atomic E-state index is -0.0696. The van der Waals surface area contributed by atoms with E-state index in [9.17, 15) is 4.79 Å². The molecule has 3 rings (SSSR count). The predicted octanol–water partition coefficient (Wildman–Crippen LogP) is 3.09. The molecule has 0 atom stereocenters. The fourth-order valence-corrected chi connectivity index (χ4v) is 2.89. The molecule has 0 bridgehead atoms. The SMILES string of the molecule is O=C(COC1CCOCC1)NCc1ccc(Cc2ccccc2)cc1. The van der Waals surface area contributed by atoms with Gasteiger partial charge in [0, 0.05) is 19.8 Å². The Bertz CT molecular complexity index is 649. The van der Waals surface area contributed by atoms with Crippen LogP contribution in [0.25, 0.3) is 0 Å². The van der Waals surface area contributed by atoms with Gasteiger partial charge in [-0.1, -0.05) is 54.6 Å². The van der Waals surface area contributed by atoms with Crippen molar-refractivity contribution in [3.8, 4) is 0 Å². The zero-order chi connectivity index (χ0) is 17.3. The summed E-state index contributed by atoms with van der Waals surface area (Å²) in [5, 5.41) is 2.91.